The van der Waals surface area contributed by atoms with Crippen LogP contribution in [-0.4, -0.2) is 43.3 Å². The summed E-state index contributed by atoms with van der Waals surface area (Å²) in [7, 11) is 6.17. The van der Waals surface area contributed by atoms with Gasteiger partial charge in [0.15, 0.2) is 0 Å². The highest BCUT2D eigenvalue weighted by molar-refractivity contribution is 8.01. The molecule has 21 heavy (non-hydrogen) atoms. The van der Waals surface area contributed by atoms with Crippen LogP contribution in [0, 0.1) is 6.92 Å². The summed E-state index contributed by atoms with van der Waals surface area (Å²) in [4.78, 5) is 8.05. The molecule has 0 aliphatic carbocycles. The first-order chi connectivity index (χ1) is 10.1. The van der Waals surface area contributed by atoms with Crippen molar-refractivity contribution < 1.29 is 0 Å². The van der Waals surface area contributed by atoms with E-state index in [-0.39, 0.29) is 0 Å². The fraction of sp³-hybridized carbons (Fsp3) is 0.438. The molecule has 0 saturated heterocycles. The van der Waals surface area contributed by atoms with Crippen LogP contribution in [0.1, 0.15) is 16.0 Å². The number of hydrogen-bond donors (Lipinski definition) is 1. The van der Waals surface area contributed by atoms with Crippen molar-refractivity contribution in [2.24, 2.45) is 0 Å². The van der Waals surface area contributed by atoms with Crippen LogP contribution < -0.4 is 5.32 Å². The van der Waals surface area contributed by atoms with Crippen LogP contribution in [0.4, 0.5) is 5.69 Å². The number of nitrogens with zero attached hydrogens (tertiary/aromatic N) is 2. The third-order valence-electron chi connectivity index (χ3n) is 3.25. The lowest BCUT2D eigenvalue weighted by atomic mass is 10.1. The molecule has 0 aliphatic rings. The van der Waals surface area contributed by atoms with Crippen molar-refractivity contribution in [1.82, 2.24) is 9.88 Å². The van der Waals surface area contributed by atoms with Gasteiger partial charge in [0, 0.05) is 42.5 Å². The molecule has 1 N–H and O–H groups in total. The molecule has 2 aromatic rings. The lowest BCUT2D eigenvalue weighted by Gasteiger charge is -2.07. The summed E-state index contributed by atoms with van der Waals surface area (Å²) in [5.41, 5.74) is 3.82. The van der Waals surface area contributed by atoms with Crippen LogP contribution in [0.2, 0.25) is 0 Å². The van der Waals surface area contributed by atoms with Gasteiger partial charge in [-0.15, -0.1) is 11.3 Å². The van der Waals surface area contributed by atoms with Crippen LogP contribution >= 0.6 is 23.1 Å². The van der Waals surface area contributed by atoms with E-state index in [1.54, 1.807) is 0 Å². The Balaban J connectivity index is 1.96. The van der Waals surface area contributed by atoms with Gasteiger partial charge in [-0.25, -0.2) is 4.98 Å². The highest BCUT2D eigenvalue weighted by Gasteiger charge is 2.05. The zero-order chi connectivity index (χ0) is 15.2. The van der Waals surface area contributed by atoms with Gasteiger partial charge in [0.25, 0.3) is 0 Å². The van der Waals surface area contributed by atoms with Gasteiger partial charge in [-0.3, -0.25) is 0 Å². The molecule has 5 heteroatoms. The molecule has 1 aromatic carbocycles. The van der Waals surface area contributed by atoms with Crippen LogP contribution in [0.25, 0.3) is 0 Å². The third kappa shape index (κ3) is 5.02. The average molecular weight is 322 g/mol. The summed E-state index contributed by atoms with van der Waals surface area (Å²) in [5.74, 6) is 1.09. The molecule has 114 valence electrons. The van der Waals surface area contributed by atoms with Gasteiger partial charge < -0.3 is 10.2 Å². The minimum Gasteiger partial charge on any atom is -0.388 e. The second kappa shape index (κ2) is 7.82. The number of aromatic nitrogens is 1. The topological polar surface area (TPSA) is 28.2 Å². The molecule has 2 rings (SSSR count). The average Bonchev–Trinajstić information content (AvgIpc) is 2.88. The first kappa shape index (κ1) is 16.3. The number of aryl methyl sites for hydroxylation is 1. The number of benzene rings is 1. The number of hydrogen-bond acceptors (Lipinski definition) is 5. The lowest BCUT2D eigenvalue weighted by molar-refractivity contribution is 0.437. The SMILES string of the molecule is CNc1cc(Cc2cnc(SCCN(C)C)s2)ccc1C. The van der Waals surface area contributed by atoms with Gasteiger partial charge in [0.2, 0.25) is 0 Å². The van der Waals surface area contributed by atoms with Crippen LogP contribution in [0.3, 0.4) is 0 Å². The van der Waals surface area contributed by atoms with E-state index in [1.165, 1.54) is 26.0 Å². The minimum atomic E-state index is 0.959. The number of thioether (sulfide) groups is 1. The van der Waals surface area contributed by atoms with Gasteiger partial charge in [0.1, 0.15) is 4.34 Å². The largest absolute Gasteiger partial charge is 0.388 e. The number of rotatable bonds is 7. The maximum absolute atomic E-state index is 4.52. The number of thiazole rings is 1. The predicted molar refractivity (Wildman–Crippen MR) is 94.9 cm³/mol. The van der Waals surface area contributed by atoms with Gasteiger partial charge >= 0.3 is 0 Å². The molecule has 0 unspecified atom stereocenters. The van der Waals surface area contributed by atoms with E-state index in [9.17, 15) is 0 Å². The van der Waals surface area contributed by atoms with E-state index in [2.05, 4.69) is 54.4 Å². The Kier molecular flexibility index (Phi) is 6.08. The molecule has 0 saturated carbocycles. The van der Waals surface area contributed by atoms with E-state index in [0.717, 1.165) is 18.7 Å². The zero-order valence-corrected chi connectivity index (χ0v) is 14.8. The fourth-order valence-corrected chi connectivity index (χ4v) is 4.24. The van der Waals surface area contributed by atoms with Crippen molar-refractivity contribution in [3.8, 4) is 0 Å². The highest BCUT2D eigenvalue weighted by atomic mass is 32.2. The molecule has 0 spiro atoms. The maximum atomic E-state index is 4.52. The van der Waals surface area contributed by atoms with E-state index < -0.39 is 0 Å². The first-order valence-corrected chi connectivity index (χ1v) is 8.88. The van der Waals surface area contributed by atoms with Crippen LogP contribution in [0.15, 0.2) is 28.7 Å². The Hall–Kier alpha value is -1.04. The smallest absolute Gasteiger partial charge is 0.150 e. The minimum absolute atomic E-state index is 0.959. The van der Waals surface area contributed by atoms with Gasteiger partial charge in [0.05, 0.1) is 0 Å². The molecule has 0 bridgehead atoms. The van der Waals surface area contributed by atoms with E-state index in [1.807, 2.05) is 36.3 Å². The molecule has 0 aliphatic heterocycles. The monoisotopic (exact) mass is 321 g/mol. The van der Waals surface area contributed by atoms with Crippen molar-refractivity contribution in [1.29, 1.82) is 0 Å². The normalized spacial score (nSPS) is 11.1. The second-order valence-corrected chi connectivity index (χ2v) is 7.78. The van der Waals surface area contributed by atoms with Gasteiger partial charge in [-0.1, -0.05) is 23.9 Å². The van der Waals surface area contributed by atoms with Crippen molar-refractivity contribution in [2.75, 3.05) is 38.8 Å². The van der Waals surface area contributed by atoms with Gasteiger partial charge in [-0.05, 0) is 38.2 Å². The summed E-state index contributed by atoms with van der Waals surface area (Å²) in [6, 6.07) is 6.61. The summed E-state index contributed by atoms with van der Waals surface area (Å²) in [6.45, 7) is 3.21. The highest BCUT2D eigenvalue weighted by Crippen LogP contribution is 2.26. The van der Waals surface area contributed by atoms with Crippen molar-refractivity contribution in [2.45, 2.75) is 17.7 Å². The number of anilines is 1. The lowest BCUT2D eigenvalue weighted by Crippen LogP contribution is -2.14. The molecule has 0 atom stereocenters. The van der Waals surface area contributed by atoms with Crippen LogP contribution in [-0.2, 0) is 6.42 Å². The first-order valence-electron chi connectivity index (χ1n) is 7.08. The fourth-order valence-electron chi connectivity index (χ4n) is 2.00. The summed E-state index contributed by atoms with van der Waals surface area (Å²) < 4.78 is 1.17. The summed E-state index contributed by atoms with van der Waals surface area (Å²) in [5, 5.41) is 3.24. The van der Waals surface area contributed by atoms with E-state index in [0.29, 0.717) is 0 Å². The molecule has 1 aromatic heterocycles. The third-order valence-corrected chi connectivity index (χ3v) is 5.38. The van der Waals surface area contributed by atoms with Gasteiger partial charge in [-0.2, -0.15) is 0 Å². The Morgan fingerprint density at radius 1 is 1.33 bits per heavy atom. The standard InChI is InChI=1S/C16H23N3S2/c1-12-5-6-13(10-15(12)17-2)9-14-11-18-16(21-14)20-8-7-19(3)4/h5-6,10-11,17H,7-9H2,1-4H3. The molecule has 1 heterocycles. The van der Waals surface area contributed by atoms with E-state index in [4.69, 9.17) is 0 Å². The Bertz CT molecular complexity index is 579. The molecular weight excluding hydrogens is 298 g/mol. The molecule has 0 radical (unpaired) electrons. The molecule has 0 amide bonds. The predicted octanol–water partition coefficient (Wildman–Crippen LogP) is 3.74. The summed E-state index contributed by atoms with van der Waals surface area (Å²) in [6.07, 6.45) is 2.97. The Labute approximate surface area is 135 Å². The van der Waals surface area contributed by atoms with Crippen LogP contribution in [0.5, 0.6) is 0 Å². The second-order valence-electron chi connectivity index (χ2n) is 5.32. The summed E-state index contributed by atoms with van der Waals surface area (Å²) >= 11 is 3.65. The Morgan fingerprint density at radius 3 is 2.86 bits per heavy atom. The van der Waals surface area contributed by atoms with E-state index >= 15 is 0 Å². The van der Waals surface area contributed by atoms with Crippen molar-refractivity contribution in [3.05, 3.63) is 40.4 Å². The quantitative estimate of drug-likeness (QED) is 0.786. The Morgan fingerprint density at radius 2 is 2.14 bits per heavy atom. The zero-order valence-electron chi connectivity index (χ0n) is 13.1. The molecule has 0 fully saturated rings. The molecular formula is C16H23N3S2. The van der Waals surface area contributed by atoms with Crippen molar-refractivity contribution >= 4 is 28.8 Å². The maximum Gasteiger partial charge on any atom is 0.150 e. The van der Waals surface area contributed by atoms with Crippen molar-refractivity contribution in [3.63, 3.8) is 0 Å². The molecule has 3 nitrogen and oxygen atoms in total. The number of nitrogens with one attached hydrogen (secondary N) is 1.